The molecule has 118 valence electrons. The Kier molecular flexibility index (Phi) is 5.09. The quantitative estimate of drug-likeness (QED) is 0.877. The zero-order valence-electron chi connectivity index (χ0n) is 12.7. The van der Waals surface area contributed by atoms with E-state index in [9.17, 15) is 14.4 Å². The molecular formula is C17H15NO5. The lowest BCUT2D eigenvalue weighted by molar-refractivity contribution is 0.0591. The third-order valence-electron chi connectivity index (χ3n) is 3.09. The van der Waals surface area contributed by atoms with Crippen LogP contribution in [0.25, 0.3) is 0 Å². The predicted molar refractivity (Wildman–Crippen MR) is 83.5 cm³/mol. The van der Waals surface area contributed by atoms with Crippen LogP contribution in [-0.4, -0.2) is 32.1 Å². The molecule has 1 N–H and O–H groups in total. The number of benzene rings is 2. The molecule has 6 heteroatoms. The number of ether oxygens (including phenoxy) is 2. The van der Waals surface area contributed by atoms with Gasteiger partial charge in [-0.2, -0.15) is 0 Å². The summed E-state index contributed by atoms with van der Waals surface area (Å²) in [6, 6.07) is 12.5. The number of hydrogen-bond donors (Lipinski definition) is 1. The van der Waals surface area contributed by atoms with Gasteiger partial charge in [0.2, 0.25) is 0 Å². The van der Waals surface area contributed by atoms with Crippen molar-refractivity contribution in [3.63, 3.8) is 0 Å². The van der Waals surface area contributed by atoms with Gasteiger partial charge in [-0.15, -0.1) is 0 Å². The number of anilines is 1. The second-order valence-corrected chi connectivity index (χ2v) is 4.60. The number of amides is 1. The fourth-order valence-electron chi connectivity index (χ4n) is 1.95. The van der Waals surface area contributed by atoms with E-state index in [1.165, 1.54) is 26.4 Å². The van der Waals surface area contributed by atoms with Gasteiger partial charge in [0, 0.05) is 11.3 Å². The van der Waals surface area contributed by atoms with Gasteiger partial charge in [0.05, 0.1) is 25.3 Å². The summed E-state index contributed by atoms with van der Waals surface area (Å²) in [5.74, 6) is -1.42. The highest BCUT2D eigenvalue weighted by molar-refractivity contribution is 6.06. The van der Waals surface area contributed by atoms with Crippen LogP contribution in [-0.2, 0) is 9.47 Å². The third kappa shape index (κ3) is 3.94. The number of hydrogen-bond acceptors (Lipinski definition) is 5. The molecule has 0 aliphatic carbocycles. The zero-order chi connectivity index (χ0) is 16.8. The zero-order valence-corrected chi connectivity index (χ0v) is 12.7. The fourth-order valence-corrected chi connectivity index (χ4v) is 1.95. The van der Waals surface area contributed by atoms with Crippen molar-refractivity contribution in [1.82, 2.24) is 0 Å². The fraction of sp³-hybridized carbons (Fsp3) is 0.118. The average molecular weight is 313 g/mol. The molecule has 2 rings (SSSR count). The van der Waals surface area contributed by atoms with Gasteiger partial charge in [-0.1, -0.05) is 12.1 Å². The van der Waals surface area contributed by atoms with Crippen LogP contribution in [0, 0.1) is 0 Å². The van der Waals surface area contributed by atoms with Crippen molar-refractivity contribution < 1.29 is 23.9 Å². The number of nitrogens with one attached hydrogen (secondary N) is 1. The van der Waals surface area contributed by atoms with Crippen molar-refractivity contribution >= 4 is 23.5 Å². The van der Waals surface area contributed by atoms with Gasteiger partial charge >= 0.3 is 11.9 Å². The minimum Gasteiger partial charge on any atom is -0.465 e. The molecule has 0 aliphatic heterocycles. The van der Waals surface area contributed by atoms with Gasteiger partial charge in [0.1, 0.15) is 0 Å². The molecule has 0 heterocycles. The van der Waals surface area contributed by atoms with E-state index < -0.39 is 17.8 Å². The van der Waals surface area contributed by atoms with E-state index in [-0.39, 0.29) is 5.56 Å². The van der Waals surface area contributed by atoms with E-state index in [0.717, 1.165) is 0 Å². The van der Waals surface area contributed by atoms with Gasteiger partial charge < -0.3 is 14.8 Å². The van der Waals surface area contributed by atoms with Gasteiger partial charge in [-0.3, -0.25) is 4.79 Å². The minimum atomic E-state index is -0.521. The Morgan fingerprint density at radius 1 is 0.783 bits per heavy atom. The smallest absolute Gasteiger partial charge is 0.337 e. The Balaban J connectivity index is 2.19. The maximum absolute atomic E-state index is 12.2. The lowest BCUT2D eigenvalue weighted by Gasteiger charge is -2.08. The Hall–Kier alpha value is -3.15. The van der Waals surface area contributed by atoms with Crippen molar-refractivity contribution in [1.29, 1.82) is 0 Å². The summed E-state index contributed by atoms with van der Waals surface area (Å²) in [6.45, 7) is 0. The first kappa shape index (κ1) is 16.2. The van der Waals surface area contributed by atoms with Crippen LogP contribution < -0.4 is 5.32 Å². The molecule has 0 saturated heterocycles. The number of carbonyl (C=O) groups excluding carboxylic acids is 3. The molecule has 0 aliphatic rings. The second-order valence-electron chi connectivity index (χ2n) is 4.60. The van der Waals surface area contributed by atoms with Gasteiger partial charge in [0.25, 0.3) is 5.91 Å². The Morgan fingerprint density at radius 3 is 1.91 bits per heavy atom. The van der Waals surface area contributed by atoms with E-state index in [1.54, 1.807) is 36.4 Å². The van der Waals surface area contributed by atoms with Crippen molar-refractivity contribution in [2.75, 3.05) is 19.5 Å². The van der Waals surface area contributed by atoms with Crippen LogP contribution >= 0.6 is 0 Å². The monoisotopic (exact) mass is 313 g/mol. The van der Waals surface area contributed by atoms with Gasteiger partial charge in [-0.05, 0) is 36.4 Å². The normalized spacial score (nSPS) is 9.83. The van der Waals surface area contributed by atoms with E-state index in [1.807, 2.05) is 0 Å². The van der Waals surface area contributed by atoms with Crippen LogP contribution in [0.15, 0.2) is 48.5 Å². The first-order valence-corrected chi connectivity index (χ1v) is 6.73. The first-order valence-electron chi connectivity index (χ1n) is 6.73. The molecule has 1 amide bonds. The topological polar surface area (TPSA) is 81.7 Å². The molecule has 0 bridgehead atoms. The molecule has 0 fully saturated rings. The highest BCUT2D eigenvalue weighted by Gasteiger charge is 2.12. The van der Waals surface area contributed by atoms with E-state index in [0.29, 0.717) is 16.8 Å². The first-order chi connectivity index (χ1) is 11.0. The summed E-state index contributed by atoms with van der Waals surface area (Å²) in [4.78, 5) is 35.2. The summed E-state index contributed by atoms with van der Waals surface area (Å²) in [6.07, 6.45) is 0. The Morgan fingerprint density at radius 2 is 1.30 bits per heavy atom. The number of methoxy groups -OCH3 is 2. The summed E-state index contributed by atoms with van der Waals surface area (Å²) >= 11 is 0. The van der Waals surface area contributed by atoms with Crippen LogP contribution in [0.2, 0.25) is 0 Å². The Labute approximate surface area is 133 Å². The molecule has 2 aromatic rings. The molecule has 0 radical (unpaired) electrons. The summed E-state index contributed by atoms with van der Waals surface area (Å²) < 4.78 is 9.25. The number of rotatable bonds is 4. The van der Waals surface area contributed by atoms with Crippen LogP contribution in [0.1, 0.15) is 31.1 Å². The molecule has 23 heavy (non-hydrogen) atoms. The third-order valence-corrected chi connectivity index (χ3v) is 3.09. The standard InChI is InChI=1S/C17H15NO5/c1-22-16(20)12-6-3-5-11(9-12)15(19)18-14-8-4-7-13(10-14)17(21)23-2/h3-10H,1-2H3,(H,18,19). The summed E-state index contributed by atoms with van der Waals surface area (Å²) in [7, 11) is 2.55. The predicted octanol–water partition coefficient (Wildman–Crippen LogP) is 2.51. The Bertz CT molecular complexity index is 754. The highest BCUT2D eigenvalue weighted by atomic mass is 16.5. The SMILES string of the molecule is COC(=O)c1cccc(NC(=O)c2cccc(C(=O)OC)c2)c1. The van der Waals surface area contributed by atoms with Crippen LogP contribution in [0.3, 0.4) is 0 Å². The van der Waals surface area contributed by atoms with E-state index >= 15 is 0 Å². The molecule has 2 aromatic carbocycles. The van der Waals surface area contributed by atoms with Crippen molar-refractivity contribution in [3.8, 4) is 0 Å². The molecular weight excluding hydrogens is 298 g/mol. The highest BCUT2D eigenvalue weighted by Crippen LogP contribution is 2.14. The minimum absolute atomic E-state index is 0.281. The van der Waals surface area contributed by atoms with E-state index in [2.05, 4.69) is 14.8 Å². The lowest BCUT2D eigenvalue weighted by atomic mass is 10.1. The van der Waals surface area contributed by atoms with Crippen LogP contribution in [0.5, 0.6) is 0 Å². The maximum Gasteiger partial charge on any atom is 0.337 e. The summed E-state index contributed by atoms with van der Waals surface area (Å²) in [5.41, 5.74) is 1.36. The average Bonchev–Trinajstić information content (AvgIpc) is 2.60. The van der Waals surface area contributed by atoms with Crippen molar-refractivity contribution in [3.05, 3.63) is 65.2 Å². The number of carbonyl (C=O) groups is 3. The van der Waals surface area contributed by atoms with E-state index in [4.69, 9.17) is 0 Å². The largest absolute Gasteiger partial charge is 0.465 e. The summed E-state index contributed by atoms with van der Waals surface area (Å²) in [5, 5.41) is 2.66. The van der Waals surface area contributed by atoms with Crippen molar-refractivity contribution in [2.45, 2.75) is 0 Å². The van der Waals surface area contributed by atoms with Gasteiger partial charge in [-0.25, -0.2) is 9.59 Å². The molecule has 6 nitrogen and oxygen atoms in total. The molecule has 0 aromatic heterocycles. The lowest BCUT2D eigenvalue weighted by Crippen LogP contribution is -2.13. The number of esters is 2. The molecule has 0 spiro atoms. The van der Waals surface area contributed by atoms with Crippen molar-refractivity contribution in [2.24, 2.45) is 0 Å². The molecule has 0 atom stereocenters. The van der Waals surface area contributed by atoms with Gasteiger partial charge in [0.15, 0.2) is 0 Å². The van der Waals surface area contributed by atoms with Crippen LogP contribution in [0.4, 0.5) is 5.69 Å². The maximum atomic E-state index is 12.2. The molecule has 0 saturated carbocycles. The second kappa shape index (κ2) is 7.22. The molecule has 0 unspecified atom stereocenters.